The highest BCUT2D eigenvalue weighted by Crippen LogP contribution is 2.17. The molecule has 1 rings (SSSR count). The molecule has 4 atom stereocenters. The summed E-state index contributed by atoms with van der Waals surface area (Å²) >= 11 is 0. The average molecular weight is 635 g/mol. The van der Waals surface area contributed by atoms with Gasteiger partial charge in [0.25, 0.3) is 5.91 Å². The van der Waals surface area contributed by atoms with Gasteiger partial charge in [-0.05, 0) is 65.9 Å². The predicted molar refractivity (Wildman–Crippen MR) is 170 cm³/mol. The van der Waals surface area contributed by atoms with Gasteiger partial charge in [-0.25, -0.2) is 19.2 Å². The number of carbonyl (C=O) groups is 5. The van der Waals surface area contributed by atoms with Crippen molar-refractivity contribution in [2.45, 2.75) is 136 Å². The molecule has 45 heavy (non-hydrogen) atoms. The second kappa shape index (κ2) is 19.7. The van der Waals surface area contributed by atoms with Gasteiger partial charge in [-0.15, -0.1) is 0 Å². The number of nitrogens with zero attached hydrogens (tertiary/aromatic N) is 2. The molecule has 11 heteroatoms. The molecule has 2 amide bonds. The summed E-state index contributed by atoms with van der Waals surface area (Å²) < 4.78 is 22.0. The maximum absolute atomic E-state index is 13.6. The molecule has 0 spiro atoms. The lowest BCUT2D eigenvalue weighted by molar-refractivity contribution is -0.175. The zero-order valence-corrected chi connectivity index (χ0v) is 28.6. The van der Waals surface area contributed by atoms with Gasteiger partial charge in [-0.1, -0.05) is 69.9 Å². The monoisotopic (exact) mass is 634 g/mol. The molecule has 0 N–H and O–H groups in total. The van der Waals surface area contributed by atoms with Crippen molar-refractivity contribution in [3.63, 3.8) is 0 Å². The molecule has 0 radical (unpaired) electrons. The molecule has 11 nitrogen and oxygen atoms in total. The Bertz CT molecular complexity index is 1090. The summed E-state index contributed by atoms with van der Waals surface area (Å²) in [5.41, 5.74) is 0.0489. The number of amides is 2. The fourth-order valence-electron chi connectivity index (χ4n) is 4.14. The standard InChI is InChI=1S/C34H54N2O9/c1-10-12-15-21-27(43-31(39)25(4)36(9)33(41)45-34(5,6)7)29(37)35(8)24(3)30(38)44-28(22-16-13-11-2)32(40)42-23-26-19-17-14-18-20-26/h14,17-20,24-25,27-28H,10-13,15-16,21-23H2,1-9H3/t24-,25-,27+,28+/m0/s1. The number of unbranched alkanes of at least 4 members (excludes halogenated alkanes) is 4. The number of carbonyl (C=O) groups excluding carboxylic acids is 5. The van der Waals surface area contributed by atoms with Crippen molar-refractivity contribution in [3.05, 3.63) is 35.9 Å². The minimum Gasteiger partial charge on any atom is -0.458 e. The SMILES string of the molecule is CCCCC[C@@H](OC(=O)[C@H](C)N(C)C(=O)[C@@H](CCCCC)OC(=O)[C@H](C)N(C)C(=O)OC(C)(C)C)C(=O)OCc1ccccc1. The molecule has 1 aromatic rings. The van der Waals surface area contributed by atoms with Gasteiger partial charge in [0.05, 0.1) is 0 Å². The van der Waals surface area contributed by atoms with Crippen molar-refractivity contribution in [1.29, 1.82) is 0 Å². The van der Waals surface area contributed by atoms with E-state index in [0.29, 0.717) is 12.8 Å². The van der Waals surface area contributed by atoms with Crippen molar-refractivity contribution < 1.29 is 42.9 Å². The van der Waals surface area contributed by atoms with Gasteiger partial charge in [0.2, 0.25) is 0 Å². The molecule has 0 fully saturated rings. The molecule has 0 aliphatic heterocycles. The van der Waals surface area contributed by atoms with Gasteiger partial charge in [0.1, 0.15) is 24.3 Å². The van der Waals surface area contributed by atoms with Gasteiger partial charge >= 0.3 is 24.0 Å². The number of esters is 3. The molecule has 0 saturated carbocycles. The second-order valence-electron chi connectivity index (χ2n) is 12.3. The minimum atomic E-state index is -1.19. The van der Waals surface area contributed by atoms with Crippen LogP contribution in [0.3, 0.4) is 0 Å². The van der Waals surface area contributed by atoms with Crippen LogP contribution in [0.25, 0.3) is 0 Å². The van der Waals surface area contributed by atoms with Gasteiger partial charge < -0.3 is 23.8 Å². The van der Waals surface area contributed by atoms with E-state index in [4.69, 9.17) is 18.9 Å². The Morgan fingerprint density at radius 3 is 1.71 bits per heavy atom. The zero-order valence-electron chi connectivity index (χ0n) is 28.6. The van der Waals surface area contributed by atoms with E-state index in [9.17, 15) is 24.0 Å². The summed E-state index contributed by atoms with van der Waals surface area (Å²) in [4.78, 5) is 67.5. The quantitative estimate of drug-likeness (QED) is 0.111. The largest absolute Gasteiger partial charge is 0.458 e. The van der Waals surface area contributed by atoms with Crippen LogP contribution in [0.4, 0.5) is 4.79 Å². The van der Waals surface area contributed by atoms with E-state index in [2.05, 4.69) is 0 Å². The van der Waals surface area contributed by atoms with Crippen molar-refractivity contribution in [3.8, 4) is 0 Å². The highest BCUT2D eigenvalue weighted by molar-refractivity contribution is 5.90. The highest BCUT2D eigenvalue weighted by atomic mass is 16.6. The van der Waals surface area contributed by atoms with Gasteiger partial charge in [-0.2, -0.15) is 0 Å². The summed E-state index contributed by atoms with van der Waals surface area (Å²) in [5, 5.41) is 0. The third-order valence-corrected chi connectivity index (χ3v) is 7.29. The maximum Gasteiger partial charge on any atom is 0.410 e. The zero-order chi connectivity index (χ0) is 34.2. The van der Waals surface area contributed by atoms with E-state index in [1.807, 2.05) is 44.2 Å². The van der Waals surface area contributed by atoms with Crippen molar-refractivity contribution in [2.24, 2.45) is 0 Å². The molecule has 0 aromatic heterocycles. The lowest BCUT2D eigenvalue weighted by Crippen LogP contribution is -2.50. The number of likely N-dealkylation sites (N-methyl/N-ethyl adjacent to an activating group) is 2. The number of ether oxygens (including phenoxy) is 4. The second-order valence-corrected chi connectivity index (χ2v) is 12.3. The van der Waals surface area contributed by atoms with E-state index < -0.39 is 59.8 Å². The van der Waals surface area contributed by atoms with Crippen LogP contribution in [-0.4, -0.2) is 83.7 Å². The molecule has 0 aliphatic rings. The Morgan fingerprint density at radius 1 is 0.711 bits per heavy atom. The summed E-state index contributed by atoms with van der Waals surface area (Å²) in [6, 6.07) is 7.08. The average Bonchev–Trinajstić information content (AvgIpc) is 3.00. The number of benzene rings is 1. The summed E-state index contributed by atoms with van der Waals surface area (Å²) in [6.07, 6.45) is 2.22. The first-order valence-electron chi connectivity index (χ1n) is 16.0. The molecule has 254 valence electrons. The van der Waals surface area contributed by atoms with Crippen LogP contribution in [0.2, 0.25) is 0 Å². The van der Waals surface area contributed by atoms with Crippen molar-refractivity contribution in [2.75, 3.05) is 14.1 Å². The molecule has 1 aromatic carbocycles. The highest BCUT2D eigenvalue weighted by Gasteiger charge is 2.36. The third-order valence-electron chi connectivity index (χ3n) is 7.29. The van der Waals surface area contributed by atoms with Crippen LogP contribution in [0.15, 0.2) is 30.3 Å². The van der Waals surface area contributed by atoms with Crippen molar-refractivity contribution in [1.82, 2.24) is 9.80 Å². The number of hydrogen-bond donors (Lipinski definition) is 0. The number of rotatable bonds is 18. The summed E-state index contributed by atoms with van der Waals surface area (Å²) in [6.45, 7) is 12.2. The van der Waals surface area contributed by atoms with Crippen LogP contribution in [0.1, 0.15) is 105 Å². The van der Waals surface area contributed by atoms with Crippen LogP contribution in [0.5, 0.6) is 0 Å². The Kier molecular flexibility index (Phi) is 17.2. The molecule has 0 aliphatic carbocycles. The third kappa shape index (κ3) is 14.3. The Hall–Kier alpha value is -3.63. The Balaban J connectivity index is 2.98. The summed E-state index contributed by atoms with van der Waals surface area (Å²) in [5.74, 6) is -2.80. The van der Waals surface area contributed by atoms with Gasteiger partial charge in [-0.3, -0.25) is 9.69 Å². The minimum absolute atomic E-state index is 0.0434. The lowest BCUT2D eigenvalue weighted by atomic mass is 10.1. The van der Waals surface area contributed by atoms with E-state index >= 15 is 0 Å². The summed E-state index contributed by atoms with van der Waals surface area (Å²) in [7, 11) is 2.84. The topological polar surface area (TPSA) is 129 Å². The molecule has 0 unspecified atom stereocenters. The Labute approximate surface area is 268 Å². The number of hydrogen-bond acceptors (Lipinski definition) is 9. The van der Waals surface area contributed by atoms with E-state index in [1.54, 1.807) is 20.8 Å². The normalized spacial score (nSPS) is 13.9. The molecule has 0 bridgehead atoms. The van der Waals surface area contributed by atoms with Crippen LogP contribution >= 0.6 is 0 Å². The lowest BCUT2D eigenvalue weighted by Gasteiger charge is -2.31. The van der Waals surface area contributed by atoms with Crippen LogP contribution < -0.4 is 0 Å². The van der Waals surface area contributed by atoms with Crippen LogP contribution in [-0.2, 0) is 44.7 Å². The van der Waals surface area contributed by atoms with E-state index in [1.165, 1.54) is 27.9 Å². The van der Waals surface area contributed by atoms with Gasteiger partial charge in [0.15, 0.2) is 12.2 Å². The fourth-order valence-corrected chi connectivity index (χ4v) is 4.14. The maximum atomic E-state index is 13.6. The Morgan fingerprint density at radius 2 is 1.20 bits per heavy atom. The molecular weight excluding hydrogens is 580 g/mol. The molecule has 0 saturated heterocycles. The molecular formula is C34H54N2O9. The van der Waals surface area contributed by atoms with Gasteiger partial charge in [0, 0.05) is 14.1 Å². The smallest absolute Gasteiger partial charge is 0.410 e. The fraction of sp³-hybridized carbons (Fsp3) is 0.676. The first-order valence-corrected chi connectivity index (χ1v) is 16.0. The first kappa shape index (κ1) is 39.4. The predicted octanol–water partition coefficient (Wildman–Crippen LogP) is 5.82. The van der Waals surface area contributed by atoms with E-state index in [-0.39, 0.29) is 19.4 Å². The van der Waals surface area contributed by atoms with Crippen molar-refractivity contribution >= 4 is 29.9 Å². The van der Waals surface area contributed by atoms with Crippen LogP contribution in [0, 0.1) is 0 Å². The first-order chi connectivity index (χ1) is 21.1. The molecule has 0 heterocycles. The van der Waals surface area contributed by atoms with E-state index in [0.717, 1.165) is 41.0 Å².